The number of Topliss-reactive ketones (excluding diaryl/α,β-unsaturated/α-hetero) is 2. The molecular weight excluding hydrogens is 976 g/mol. The summed E-state index contributed by atoms with van der Waals surface area (Å²) in [6, 6.07) is 12.8. The first kappa shape index (κ1) is 58.2. The van der Waals surface area contributed by atoms with Gasteiger partial charge in [-0.3, -0.25) is 43.5 Å². The Balaban J connectivity index is 0.00000494. The minimum Gasteiger partial charge on any atom is -0.347 e. The number of halogens is 2. The normalized spacial score (nSPS) is 20.6. The third kappa shape index (κ3) is 14.5. The van der Waals surface area contributed by atoms with Crippen LogP contribution in [-0.4, -0.2) is 130 Å². The van der Waals surface area contributed by atoms with Crippen molar-refractivity contribution in [1.82, 2.24) is 51.9 Å². The van der Waals surface area contributed by atoms with Gasteiger partial charge < -0.3 is 41.7 Å². The van der Waals surface area contributed by atoms with E-state index in [9.17, 15) is 38.4 Å². The molecule has 2 aliphatic heterocycles. The number of nitrogens with one attached hydrogen (secondary N) is 7. The predicted molar refractivity (Wildman–Crippen MR) is 280 cm³/mol. The molecule has 7 N–H and O–H groups in total. The molecule has 3 aromatic rings. The lowest BCUT2D eigenvalue weighted by Crippen LogP contribution is -2.55. The molecule has 1 aromatic heterocycles. The maximum Gasteiger partial charge on any atom is 0.245 e. The van der Waals surface area contributed by atoms with Crippen LogP contribution < -0.4 is 31.9 Å². The number of nitrogens with zero attached hydrogens (tertiary/aromatic N) is 3. The SMILES string of the molecule is CN[C@@H](C)C(=O)N[C@@H](CCCC(=O)c1cc(C(=O)CCC[C@H](NC(=O)[C@H](C)NC)C(=O)N2CCC[C@H]2C(=O)N[C@@H]2CCCc3ccccc32)[nH]n1)C(=O)N1CCC[C@H]1C(=O)N[C@@H]1CCCc2ccccc21.Cl.Cl. The second-order valence-corrected chi connectivity index (χ2v) is 19.6. The molecule has 0 unspecified atom stereocenters. The lowest BCUT2D eigenvalue weighted by atomic mass is 9.87. The smallest absolute Gasteiger partial charge is 0.245 e. The van der Waals surface area contributed by atoms with E-state index in [1.165, 1.54) is 17.2 Å². The quantitative estimate of drug-likeness (QED) is 0.0691. The zero-order valence-electron chi connectivity index (χ0n) is 42.5. The van der Waals surface area contributed by atoms with Crippen LogP contribution in [0.5, 0.6) is 0 Å². The molecule has 398 valence electrons. The zero-order valence-corrected chi connectivity index (χ0v) is 44.1. The van der Waals surface area contributed by atoms with Crippen molar-refractivity contribution >= 4 is 71.8 Å². The number of carbonyl (C=O) groups is 8. The zero-order chi connectivity index (χ0) is 50.6. The number of hydrogen-bond acceptors (Lipinski definition) is 11. The van der Waals surface area contributed by atoms with Gasteiger partial charge in [-0.05, 0) is 146 Å². The number of benzene rings is 2. The van der Waals surface area contributed by atoms with Crippen LogP contribution in [0.2, 0.25) is 0 Å². The number of rotatable bonds is 22. The van der Waals surface area contributed by atoms with Crippen LogP contribution in [-0.2, 0) is 41.6 Å². The molecule has 20 heteroatoms. The van der Waals surface area contributed by atoms with Gasteiger partial charge in [0.2, 0.25) is 35.4 Å². The number of aromatic amines is 1. The van der Waals surface area contributed by atoms with E-state index in [2.05, 4.69) is 54.2 Å². The highest BCUT2D eigenvalue weighted by Crippen LogP contribution is 2.32. The van der Waals surface area contributed by atoms with Crippen LogP contribution in [0.15, 0.2) is 54.6 Å². The molecule has 73 heavy (non-hydrogen) atoms. The highest BCUT2D eigenvalue weighted by Gasteiger charge is 2.41. The molecule has 2 aliphatic carbocycles. The lowest BCUT2D eigenvalue weighted by Gasteiger charge is -2.32. The summed E-state index contributed by atoms with van der Waals surface area (Å²) in [5.74, 6) is -2.67. The number of H-pyrrole nitrogens is 1. The number of aromatic nitrogens is 2. The Morgan fingerprint density at radius 1 is 0.616 bits per heavy atom. The predicted octanol–water partition coefficient (Wildman–Crippen LogP) is 4.51. The second-order valence-electron chi connectivity index (χ2n) is 19.6. The fraction of sp³-hybridized carbons (Fsp3) is 0.566. The molecule has 0 bridgehead atoms. The molecule has 0 spiro atoms. The molecule has 4 aliphatic rings. The fourth-order valence-electron chi connectivity index (χ4n) is 10.5. The van der Waals surface area contributed by atoms with Crippen molar-refractivity contribution in [1.29, 1.82) is 0 Å². The first-order chi connectivity index (χ1) is 34.3. The molecule has 2 saturated heterocycles. The molecule has 0 radical (unpaired) electrons. The lowest BCUT2D eigenvalue weighted by molar-refractivity contribution is -0.142. The number of likely N-dealkylation sites (N-methyl/N-ethyl adjacent to an activating group) is 2. The standard InChI is InChI=1S/C53H72N10O8.2ClH/c1-32(54-3)48(66)58-40(52(70)62-29-13-25-44(62)50(68)56-38-21-9-17-34-15-5-7-19-36(34)38)23-11-27-46(64)42-31-43(61-60-42)47(65)28-12-24-41(59-49(67)33(2)55-4)53(71)63-30-14-26-45(63)51(69)57-39-22-10-18-35-16-6-8-20-37(35)39;;/h5-8,15-16,19-20,31-33,38-41,44-45,54-55H,9-14,17-18,21-30H2,1-4H3,(H,56,68)(H,57,69)(H,58,66)(H,59,67)(H,60,61);2*1H/t32-,33-,38+,39+,40-,41-,44-,45-;;/m0../s1. The van der Waals surface area contributed by atoms with Crippen LogP contribution >= 0.6 is 24.8 Å². The number of fused-ring (bicyclic) bond motifs is 2. The minimum atomic E-state index is -0.985. The number of ketones is 2. The Kier molecular flexibility index (Phi) is 22.0. The highest BCUT2D eigenvalue weighted by molar-refractivity contribution is 6.00. The molecule has 6 amide bonds. The van der Waals surface area contributed by atoms with E-state index < -0.39 is 36.3 Å². The van der Waals surface area contributed by atoms with Crippen molar-refractivity contribution in [2.24, 2.45) is 0 Å². The van der Waals surface area contributed by atoms with E-state index >= 15 is 0 Å². The van der Waals surface area contributed by atoms with Gasteiger partial charge in [0.25, 0.3) is 0 Å². The van der Waals surface area contributed by atoms with Crippen molar-refractivity contribution in [2.75, 3.05) is 27.2 Å². The molecule has 18 nitrogen and oxygen atoms in total. The van der Waals surface area contributed by atoms with Crippen LogP contribution in [0, 0.1) is 0 Å². The van der Waals surface area contributed by atoms with Crippen molar-refractivity contribution in [3.05, 3.63) is 88.2 Å². The average Bonchev–Trinajstić information content (AvgIpc) is 4.20. The van der Waals surface area contributed by atoms with Crippen LogP contribution in [0.1, 0.15) is 159 Å². The Morgan fingerprint density at radius 2 is 1.05 bits per heavy atom. The van der Waals surface area contributed by atoms with E-state index in [4.69, 9.17) is 0 Å². The van der Waals surface area contributed by atoms with Crippen LogP contribution in [0.4, 0.5) is 0 Å². The third-order valence-electron chi connectivity index (χ3n) is 14.9. The van der Waals surface area contributed by atoms with Gasteiger partial charge >= 0.3 is 0 Å². The molecular formula is C53H74Cl2N10O8. The van der Waals surface area contributed by atoms with E-state index in [-0.39, 0.29) is 134 Å². The summed E-state index contributed by atoms with van der Waals surface area (Å²) in [5, 5.41) is 24.7. The number of amides is 6. The Labute approximate surface area is 440 Å². The van der Waals surface area contributed by atoms with Gasteiger partial charge in [-0.1, -0.05) is 48.5 Å². The molecule has 0 saturated carbocycles. The van der Waals surface area contributed by atoms with E-state index in [1.54, 1.807) is 37.7 Å². The van der Waals surface area contributed by atoms with Crippen molar-refractivity contribution in [2.45, 2.75) is 165 Å². The highest BCUT2D eigenvalue weighted by atomic mass is 35.5. The summed E-state index contributed by atoms with van der Waals surface area (Å²) in [6.45, 7) is 4.08. The number of hydrogen-bond donors (Lipinski definition) is 7. The van der Waals surface area contributed by atoms with E-state index in [0.29, 0.717) is 38.8 Å². The van der Waals surface area contributed by atoms with Gasteiger partial charge in [-0.15, -0.1) is 24.8 Å². The summed E-state index contributed by atoms with van der Waals surface area (Å²) in [4.78, 5) is 112. The van der Waals surface area contributed by atoms with E-state index in [1.807, 2.05) is 36.4 Å². The number of carbonyl (C=O) groups excluding carboxylic acids is 8. The Morgan fingerprint density at radius 3 is 1.51 bits per heavy atom. The van der Waals surface area contributed by atoms with Gasteiger partial charge in [-0.25, -0.2) is 0 Å². The van der Waals surface area contributed by atoms with Crippen molar-refractivity contribution in [3.8, 4) is 0 Å². The van der Waals surface area contributed by atoms with Gasteiger partial charge in [0, 0.05) is 25.9 Å². The van der Waals surface area contributed by atoms with Crippen LogP contribution in [0.25, 0.3) is 0 Å². The summed E-state index contributed by atoms with van der Waals surface area (Å²) < 4.78 is 0. The number of aryl methyl sites for hydroxylation is 2. The third-order valence-corrected chi connectivity index (χ3v) is 14.9. The average molecular weight is 1050 g/mol. The monoisotopic (exact) mass is 1050 g/mol. The molecule has 7 rings (SSSR count). The molecule has 8 atom stereocenters. The Bertz CT molecular complexity index is 2270. The minimum absolute atomic E-state index is 0. The summed E-state index contributed by atoms with van der Waals surface area (Å²) >= 11 is 0. The van der Waals surface area contributed by atoms with Crippen LogP contribution in [0.3, 0.4) is 0 Å². The van der Waals surface area contributed by atoms with Gasteiger partial charge in [0.1, 0.15) is 35.6 Å². The Hall–Kier alpha value is -5.69. The van der Waals surface area contributed by atoms with E-state index in [0.717, 1.165) is 49.7 Å². The summed E-state index contributed by atoms with van der Waals surface area (Å²) in [5.41, 5.74) is 4.78. The van der Waals surface area contributed by atoms with Gasteiger partial charge in [0.05, 0.1) is 24.2 Å². The first-order valence-corrected chi connectivity index (χ1v) is 25.7. The first-order valence-electron chi connectivity index (χ1n) is 25.7. The summed E-state index contributed by atoms with van der Waals surface area (Å²) in [7, 11) is 3.28. The largest absolute Gasteiger partial charge is 0.347 e. The number of likely N-dealkylation sites (tertiary alicyclic amines) is 2. The van der Waals surface area contributed by atoms with Crippen molar-refractivity contribution in [3.63, 3.8) is 0 Å². The second kappa shape index (κ2) is 27.6. The fourth-order valence-corrected chi connectivity index (χ4v) is 10.5. The van der Waals surface area contributed by atoms with Crippen molar-refractivity contribution < 1.29 is 38.4 Å². The van der Waals surface area contributed by atoms with Gasteiger partial charge in [-0.2, -0.15) is 5.10 Å². The topological polar surface area (TPSA) is 244 Å². The maximum absolute atomic E-state index is 14.2. The molecule has 3 heterocycles. The maximum atomic E-state index is 14.2. The van der Waals surface area contributed by atoms with Gasteiger partial charge in [0.15, 0.2) is 11.6 Å². The molecule has 2 fully saturated rings. The summed E-state index contributed by atoms with van der Waals surface area (Å²) in [6.07, 6.45) is 8.36. The molecule has 2 aromatic carbocycles.